The molecule has 6 nitrogen and oxygen atoms in total. The van der Waals surface area contributed by atoms with Crippen molar-refractivity contribution in [2.45, 2.75) is 13.3 Å². The summed E-state index contributed by atoms with van der Waals surface area (Å²) in [7, 11) is 0. The van der Waals surface area contributed by atoms with Crippen LogP contribution in [0, 0.1) is 12.8 Å². The van der Waals surface area contributed by atoms with Crippen LogP contribution in [0.5, 0.6) is 17.2 Å². The van der Waals surface area contributed by atoms with Crippen LogP contribution < -0.4 is 19.1 Å². The smallest absolute Gasteiger partial charge is 0.316 e. The Balaban J connectivity index is 1.44. The molecule has 0 bridgehead atoms. The lowest BCUT2D eigenvalue weighted by Gasteiger charge is -2.16. The summed E-state index contributed by atoms with van der Waals surface area (Å²) in [5, 5.41) is 0. The second-order valence-electron chi connectivity index (χ2n) is 6.18. The first-order valence-electron chi connectivity index (χ1n) is 8.08. The lowest BCUT2D eigenvalue weighted by Crippen LogP contribution is -2.27. The summed E-state index contributed by atoms with van der Waals surface area (Å²) >= 11 is 0. The Morgan fingerprint density at radius 2 is 1.88 bits per heavy atom. The summed E-state index contributed by atoms with van der Waals surface area (Å²) in [6.07, 6.45) is 0.150. The van der Waals surface area contributed by atoms with E-state index in [4.69, 9.17) is 14.2 Å². The Bertz CT molecular complexity index is 830. The van der Waals surface area contributed by atoms with Crippen molar-refractivity contribution in [1.29, 1.82) is 0 Å². The number of esters is 1. The first-order chi connectivity index (χ1) is 12.1. The third-order valence-electron chi connectivity index (χ3n) is 4.37. The summed E-state index contributed by atoms with van der Waals surface area (Å²) in [4.78, 5) is 26.3. The molecule has 1 saturated heterocycles. The van der Waals surface area contributed by atoms with E-state index in [9.17, 15) is 9.59 Å². The minimum atomic E-state index is -0.487. The van der Waals surface area contributed by atoms with Gasteiger partial charge in [-0.3, -0.25) is 9.59 Å². The quantitative estimate of drug-likeness (QED) is 0.635. The molecule has 25 heavy (non-hydrogen) atoms. The maximum absolute atomic E-state index is 12.4. The number of carbonyl (C=O) groups excluding carboxylic acids is 2. The predicted molar refractivity (Wildman–Crippen MR) is 89.8 cm³/mol. The molecule has 2 aliphatic heterocycles. The average Bonchev–Trinajstić information content (AvgIpc) is 3.22. The van der Waals surface area contributed by atoms with E-state index in [1.807, 2.05) is 31.2 Å². The lowest BCUT2D eigenvalue weighted by atomic mass is 10.1. The fourth-order valence-corrected chi connectivity index (χ4v) is 2.98. The number of nitrogens with zero attached hydrogens (tertiary/aromatic N) is 1. The second-order valence-corrected chi connectivity index (χ2v) is 6.18. The maximum Gasteiger partial charge on any atom is 0.316 e. The molecule has 4 rings (SSSR count). The third kappa shape index (κ3) is 3.03. The highest BCUT2D eigenvalue weighted by atomic mass is 16.7. The lowest BCUT2D eigenvalue weighted by molar-refractivity contribution is -0.139. The number of benzene rings is 2. The van der Waals surface area contributed by atoms with Crippen molar-refractivity contribution in [3.8, 4) is 17.2 Å². The van der Waals surface area contributed by atoms with Crippen LogP contribution in [0.4, 0.5) is 5.69 Å². The summed E-state index contributed by atoms with van der Waals surface area (Å²) < 4.78 is 15.9. The molecule has 0 spiro atoms. The van der Waals surface area contributed by atoms with Crippen LogP contribution in [0.15, 0.2) is 42.5 Å². The Morgan fingerprint density at radius 1 is 1.12 bits per heavy atom. The molecule has 0 aromatic heterocycles. The van der Waals surface area contributed by atoms with Crippen LogP contribution in [0.1, 0.15) is 12.0 Å². The van der Waals surface area contributed by atoms with Crippen LogP contribution >= 0.6 is 0 Å². The molecule has 128 valence electrons. The first-order valence-corrected chi connectivity index (χ1v) is 8.08. The zero-order valence-electron chi connectivity index (χ0n) is 13.7. The molecule has 2 heterocycles. The number of carbonyl (C=O) groups is 2. The highest BCUT2D eigenvalue weighted by molar-refractivity contribution is 5.99. The van der Waals surface area contributed by atoms with E-state index < -0.39 is 11.9 Å². The highest BCUT2D eigenvalue weighted by Gasteiger charge is 2.36. The fourth-order valence-electron chi connectivity index (χ4n) is 2.98. The van der Waals surface area contributed by atoms with Crippen LogP contribution in [-0.2, 0) is 9.59 Å². The van der Waals surface area contributed by atoms with Crippen LogP contribution in [0.25, 0.3) is 0 Å². The van der Waals surface area contributed by atoms with Gasteiger partial charge in [0.2, 0.25) is 12.7 Å². The largest absolute Gasteiger partial charge is 0.454 e. The Hall–Kier alpha value is -3.02. The summed E-state index contributed by atoms with van der Waals surface area (Å²) in [6.45, 7) is 2.47. The first kappa shape index (κ1) is 15.5. The van der Waals surface area contributed by atoms with E-state index >= 15 is 0 Å². The Kier molecular flexibility index (Phi) is 3.80. The predicted octanol–water partition coefficient (Wildman–Crippen LogP) is 2.68. The monoisotopic (exact) mass is 339 g/mol. The minimum absolute atomic E-state index is 0.0727. The van der Waals surface area contributed by atoms with E-state index in [0.29, 0.717) is 23.8 Å². The van der Waals surface area contributed by atoms with Gasteiger partial charge in [-0.15, -0.1) is 0 Å². The highest BCUT2D eigenvalue weighted by Crippen LogP contribution is 2.35. The van der Waals surface area contributed by atoms with Gasteiger partial charge in [-0.2, -0.15) is 0 Å². The average molecular weight is 339 g/mol. The number of ether oxygens (including phenoxy) is 3. The van der Waals surface area contributed by atoms with Crippen molar-refractivity contribution in [1.82, 2.24) is 0 Å². The van der Waals surface area contributed by atoms with E-state index in [1.54, 1.807) is 23.1 Å². The SMILES string of the molecule is Cc1ccc(N2C[C@H](C(=O)Oc3ccc4c(c3)OCO4)CC2=O)cc1. The summed E-state index contributed by atoms with van der Waals surface area (Å²) in [5.74, 6) is 0.587. The molecule has 0 N–H and O–H groups in total. The summed E-state index contributed by atoms with van der Waals surface area (Å²) in [5.41, 5.74) is 1.92. The zero-order valence-corrected chi connectivity index (χ0v) is 13.7. The van der Waals surface area contributed by atoms with Gasteiger partial charge in [0.25, 0.3) is 0 Å². The number of fused-ring (bicyclic) bond motifs is 1. The van der Waals surface area contributed by atoms with Gasteiger partial charge < -0.3 is 19.1 Å². The molecular formula is C19H17NO5. The molecule has 0 radical (unpaired) electrons. The van der Waals surface area contributed by atoms with E-state index in [-0.39, 0.29) is 19.1 Å². The van der Waals surface area contributed by atoms with Gasteiger partial charge in [0.1, 0.15) is 5.75 Å². The minimum Gasteiger partial charge on any atom is -0.454 e. The standard InChI is InChI=1S/C19H17NO5/c1-12-2-4-14(5-3-12)20-10-13(8-18(20)21)19(22)25-15-6-7-16-17(9-15)24-11-23-16/h2-7,9,13H,8,10-11H2,1H3/t13-/m1/s1. The van der Waals surface area contributed by atoms with Crippen molar-refractivity contribution in [3.63, 3.8) is 0 Å². The number of rotatable bonds is 3. The van der Waals surface area contributed by atoms with Gasteiger partial charge in [0.15, 0.2) is 11.5 Å². The molecule has 1 amide bonds. The maximum atomic E-state index is 12.4. The molecule has 1 fully saturated rings. The number of amides is 1. The molecule has 1 atom stereocenters. The molecule has 2 aromatic carbocycles. The topological polar surface area (TPSA) is 65.1 Å². The van der Waals surface area contributed by atoms with Crippen molar-refractivity contribution in [2.24, 2.45) is 5.92 Å². The van der Waals surface area contributed by atoms with Crippen molar-refractivity contribution in [3.05, 3.63) is 48.0 Å². The van der Waals surface area contributed by atoms with E-state index in [1.165, 1.54) is 0 Å². The number of anilines is 1. The summed E-state index contributed by atoms with van der Waals surface area (Å²) in [6, 6.07) is 12.6. The number of hydrogen-bond donors (Lipinski definition) is 0. The molecule has 6 heteroatoms. The number of hydrogen-bond acceptors (Lipinski definition) is 5. The van der Waals surface area contributed by atoms with E-state index in [2.05, 4.69) is 0 Å². The molecular weight excluding hydrogens is 322 g/mol. The fraction of sp³-hybridized carbons (Fsp3) is 0.263. The van der Waals surface area contributed by atoms with Crippen molar-refractivity contribution in [2.75, 3.05) is 18.2 Å². The Labute approximate surface area is 144 Å². The van der Waals surface area contributed by atoms with Gasteiger partial charge in [-0.25, -0.2) is 0 Å². The normalized spacial score (nSPS) is 18.5. The Morgan fingerprint density at radius 3 is 2.68 bits per heavy atom. The molecule has 0 saturated carbocycles. The van der Waals surface area contributed by atoms with Crippen LogP contribution in [0.3, 0.4) is 0 Å². The molecule has 2 aromatic rings. The third-order valence-corrected chi connectivity index (χ3v) is 4.37. The van der Waals surface area contributed by atoms with E-state index in [0.717, 1.165) is 11.3 Å². The van der Waals surface area contributed by atoms with Crippen molar-refractivity contribution < 1.29 is 23.8 Å². The second kappa shape index (κ2) is 6.12. The zero-order chi connectivity index (χ0) is 17.4. The van der Waals surface area contributed by atoms with Gasteiger partial charge in [-0.05, 0) is 31.2 Å². The molecule has 0 aliphatic carbocycles. The molecule has 2 aliphatic rings. The van der Waals surface area contributed by atoms with Crippen LogP contribution in [-0.4, -0.2) is 25.2 Å². The van der Waals surface area contributed by atoms with Gasteiger partial charge >= 0.3 is 5.97 Å². The van der Waals surface area contributed by atoms with Gasteiger partial charge in [0.05, 0.1) is 5.92 Å². The number of aryl methyl sites for hydroxylation is 1. The van der Waals surface area contributed by atoms with Gasteiger partial charge in [0, 0.05) is 24.7 Å². The van der Waals surface area contributed by atoms with Crippen molar-refractivity contribution >= 4 is 17.6 Å². The van der Waals surface area contributed by atoms with Gasteiger partial charge in [-0.1, -0.05) is 17.7 Å². The molecule has 0 unspecified atom stereocenters. The van der Waals surface area contributed by atoms with Crippen LogP contribution in [0.2, 0.25) is 0 Å².